The molecular formula is C16H18N7NaO4S2. The molecule has 0 radical (unpaired) electrons. The van der Waals surface area contributed by atoms with E-state index >= 15 is 0 Å². The number of rotatable bonds is 7. The van der Waals surface area contributed by atoms with Gasteiger partial charge in [-0.3, -0.25) is 14.5 Å². The van der Waals surface area contributed by atoms with Crippen molar-refractivity contribution in [2.45, 2.75) is 23.1 Å². The van der Waals surface area contributed by atoms with Crippen LogP contribution in [0.2, 0.25) is 0 Å². The summed E-state index contributed by atoms with van der Waals surface area (Å²) in [6.07, 6.45) is 3.51. The van der Waals surface area contributed by atoms with Gasteiger partial charge in [0.1, 0.15) is 23.7 Å². The van der Waals surface area contributed by atoms with Gasteiger partial charge in [-0.2, -0.15) is 0 Å². The number of β-lactam (4-membered cyclic amide) rings is 1. The summed E-state index contributed by atoms with van der Waals surface area (Å²) in [7, 11) is 1.69. The molecule has 2 unspecified atom stereocenters. The fourth-order valence-corrected chi connectivity index (χ4v) is 5.48. The second-order valence-corrected chi connectivity index (χ2v) is 8.49. The van der Waals surface area contributed by atoms with Gasteiger partial charge >= 0.3 is 35.5 Å². The average Bonchev–Trinajstić information content (AvgIpc) is 3.35. The Morgan fingerprint density at radius 3 is 2.73 bits per heavy atom. The van der Waals surface area contributed by atoms with Gasteiger partial charge in [0, 0.05) is 30.9 Å². The number of carboxylic acid groups (broad SMARTS) is 1. The van der Waals surface area contributed by atoms with Crippen molar-refractivity contribution in [3.8, 4) is 0 Å². The quantitative estimate of drug-likeness (QED) is 0.300. The zero-order valence-corrected chi connectivity index (χ0v) is 16.9. The molecule has 1 saturated heterocycles. The molecule has 2 atom stereocenters. The van der Waals surface area contributed by atoms with Crippen molar-refractivity contribution in [2.24, 2.45) is 7.05 Å². The third kappa shape index (κ3) is 4.44. The SMILES string of the molecule is Cn1nnnc1SCC1=C(C(=O)O)N2C(=O)C(NC(=O)Cn3cccc3)C2SC1.[NaH]. The zero-order valence-electron chi connectivity index (χ0n) is 15.3. The Morgan fingerprint density at radius 2 is 2.10 bits per heavy atom. The first-order valence-corrected chi connectivity index (χ1v) is 10.6. The molecule has 2 amide bonds. The first-order valence-electron chi connectivity index (χ1n) is 8.61. The Kier molecular flexibility index (Phi) is 7.29. The number of nitrogens with one attached hydrogen (secondary N) is 1. The number of carbonyl (C=O) groups excluding carboxylic acids is 2. The molecule has 2 aliphatic heterocycles. The van der Waals surface area contributed by atoms with Crippen LogP contribution in [0.15, 0.2) is 41.0 Å². The molecule has 0 aromatic carbocycles. The maximum absolute atomic E-state index is 12.6. The Hall–Kier alpha value is -1.80. The summed E-state index contributed by atoms with van der Waals surface area (Å²) in [5.74, 6) is -1.07. The van der Waals surface area contributed by atoms with Crippen LogP contribution >= 0.6 is 23.5 Å². The van der Waals surface area contributed by atoms with E-state index in [0.717, 1.165) is 0 Å². The molecule has 0 saturated carbocycles. The zero-order chi connectivity index (χ0) is 20.5. The average molecular weight is 459 g/mol. The third-order valence-electron chi connectivity index (χ3n) is 4.52. The van der Waals surface area contributed by atoms with Gasteiger partial charge in [0.05, 0.1) is 0 Å². The van der Waals surface area contributed by atoms with Crippen molar-refractivity contribution in [1.82, 2.24) is 35.0 Å². The molecule has 14 heteroatoms. The van der Waals surface area contributed by atoms with Gasteiger partial charge in [-0.05, 0) is 28.1 Å². The van der Waals surface area contributed by atoms with Gasteiger partial charge in [-0.1, -0.05) is 11.8 Å². The molecule has 154 valence electrons. The summed E-state index contributed by atoms with van der Waals surface area (Å²) in [6, 6.07) is 2.89. The van der Waals surface area contributed by atoms with E-state index in [1.165, 1.54) is 33.1 Å². The van der Waals surface area contributed by atoms with Crippen molar-refractivity contribution in [3.05, 3.63) is 35.8 Å². The first kappa shape index (κ1) is 22.9. The number of aliphatic carboxylic acids is 1. The number of hydrogen-bond acceptors (Lipinski definition) is 8. The second kappa shape index (κ2) is 9.56. The standard InChI is InChI=1S/C16H17N7O4S2.Na.H/c1-21-16(18-19-20-21)29-8-9-7-28-14-11(13(25)23(14)12(9)15(26)27)17-10(24)6-22-4-2-3-5-22;;/h2-5,11,14H,6-8H2,1H3,(H,17,24)(H,26,27);;. The van der Waals surface area contributed by atoms with Crippen molar-refractivity contribution >= 4 is 70.9 Å². The molecule has 2 aliphatic rings. The number of amides is 2. The monoisotopic (exact) mass is 459 g/mol. The molecular weight excluding hydrogens is 441 g/mol. The number of tetrazole rings is 1. The normalized spacial score (nSPS) is 20.3. The summed E-state index contributed by atoms with van der Waals surface area (Å²) in [5.41, 5.74) is 0.606. The number of carboxylic acids is 1. The molecule has 0 bridgehead atoms. The van der Waals surface area contributed by atoms with E-state index in [-0.39, 0.29) is 47.7 Å². The second-order valence-electron chi connectivity index (χ2n) is 6.44. The fraction of sp³-hybridized carbons (Fsp3) is 0.375. The minimum absolute atomic E-state index is 0. The predicted octanol–water partition coefficient (Wildman–Crippen LogP) is -1.11. The van der Waals surface area contributed by atoms with Crippen LogP contribution in [0.5, 0.6) is 0 Å². The predicted molar refractivity (Wildman–Crippen MR) is 111 cm³/mol. The summed E-state index contributed by atoms with van der Waals surface area (Å²) in [4.78, 5) is 38.0. The molecule has 1 fully saturated rings. The summed E-state index contributed by atoms with van der Waals surface area (Å²) in [6.45, 7) is 0.101. The molecule has 2 aromatic heterocycles. The van der Waals surface area contributed by atoms with E-state index < -0.39 is 23.3 Å². The van der Waals surface area contributed by atoms with E-state index in [2.05, 4.69) is 20.8 Å². The van der Waals surface area contributed by atoms with Gasteiger partial charge in [0.15, 0.2) is 0 Å². The summed E-state index contributed by atoms with van der Waals surface area (Å²) >= 11 is 2.74. The van der Waals surface area contributed by atoms with Crippen molar-refractivity contribution in [3.63, 3.8) is 0 Å². The maximum atomic E-state index is 12.6. The van der Waals surface area contributed by atoms with Crippen molar-refractivity contribution < 1.29 is 19.5 Å². The Morgan fingerprint density at radius 1 is 1.37 bits per heavy atom. The Labute approximate surface area is 201 Å². The van der Waals surface area contributed by atoms with Gasteiger partial charge in [-0.25, -0.2) is 9.48 Å². The molecule has 30 heavy (non-hydrogen) atoms. The Bertz CT molecular complexity index is 994. The van der Waals surface area contributed by atoms with Gasteiger partial charge in [0.2, 0.25) is 11.1 Å². The van der Waals surface area contributed by atoms with Crippen LogP contribution < -0.4 is 5.32 Å². The number of fused-ring (bicyclic) bond motifs is 1. The van der Waals surface area contributed by atoms with E-state index in [4.69, 9.17) is 0 Å². The van der Waals surface area contributed by atoms with E-state index in [1.54, 1.807) is 36.1 Å². The van der Waals surface area contributed by atoms with Crippen LogP contribution in [0.1, 0.15) is 0 Å². The first-order chi connectivity index (χ1) is 14.0. The molecule has 4 heterocycles. The molecule has 4 rings (SSSR count). The van der Waals surface area contributed by atoms with Crippen LogP contribution in [0, 0.1) is 0 Å². The number of aromatic nitrogens is 5. The van der Waals surface area contributed by atoms with Gasteiger partial charge in [0.25, 0.3) is 5.91 Å². The van der Waals surface area contributed by atoms with Crippen LogP contribution in [0.3, 0.4) is 0 Å². The van der Waals surface area contributed by atoms with E-state index in [0.29, 0.717) is 22.2 Å². The minimum atomic E-state index is -1.16. The van der Waals surface area contributed by atoms with Gasteiger partial charge in [-0.15, -0.1) is 16.9 Å². The summed E-state index contributed by atoms with van der Waals surface area (Å²) in [5, 5.41) is 23.7. The van der Waals surface area contributed by atoms with Crippen LogP contribution in [-0.2, 0) is 28.0 Å². The number of hydrogen-bond donors (Lipinski definition) is 2. The summed E-state index contributed by atoms with van der Waals surface area (Å²) < 4.78 is 3.19. The third-order valence-corrected chi connectivity index (χ3v) is 6.95. The van der Waals surface area contributed by atoms with E-state index in [1.807, 2.05) is 0 Å². The number of carbonyl (C=O) groups is 3. The van der Waals surface area contributed by atoms with E-state index in [9.17, 15) is 19.5 Å². The van der Waals surface area contributed by atoms with Crippen molar-refractivity contribution in [2.75, 3.05) is 11.5 Å². The van der Waals surface area contributed by atoms with Crippen LogP contribution in [0.4, 0.5) is 0 Å². The topological polar surface area (TPSA) is 135 Å². The fourth-order valence-electron chi connectivity index (χ4n) is 3.15. The number of nitrogens with zero attached hydrogens (tertiary/aromatic N) is 6. The Balaban J connectivity index is 0.00000256. The molecule has 0 spiro atoms. The van der Waals surface area contributed by atoms with Crippen LogP contribution in [0.25, 0.3) is 0 Å². The number of thioether (sulfide) groups is 2. The number of aryl methyl sites for hydroxylation is 1. The molecule has 11 nitrogen and oxygen atoms in total. The van der Waals surface area contributed by atoms with Gasteiger partial charge < -0.3 is 15.0 Å². The van der Waals surface area contributed by atoms with Crippen molar-refractivity contribution in [1.29, 1.82) is 0 Å². The molecule has 2 aromatic rings. The molecule has 2 N–H and O–H groups in total. The van der Waals surface area contributed by atoms with Crippen LogP contribution in [-0.4, -0.2) is 105 Å². The molecule has 0 aliphatic carbocycles.